The van der Waals surface area contributed by atoms with Gasteiger partial charge in [0.25, 0.3) is 0 Å². The fourth-order valence-electron chi connectivity index (χ4n) is 1.39. The molecule has 1 fully saturated rings. The van der Waals surface area contributed by atoms with Gasteiger partial charge in [-0.15, -0.1) is 0 Å². The van der Waals surface area contributed by atoms with E-state index in [1.807, 2.05) is 0 Å². The summed E-state index contributed by atoms with van der Waals surface area (Å²) in [6, 6.07) is 0. The molecule has 11 heavy (non-hydrogen) atoms. The maximum Gasteiger partial charge on any atom is 1.00 e. The monoisotopic (exact) mass is 276 g/mol. The zero-order valence-electron chi connectivity index (χ0n) is 8.35. The van der Waals surface area contributed by atoms with Crippen LogP contribution in [-0.4, -0.2) is 38.6 Å². The van der Waals surface area contributed by atoms with Crippen LogP contribution in [0.1, 0.15) is 6.42 Å². The fraction of sp³-hybridized carbons (Fsp3) is 0.875. The summed E-state index contributed by atoms with van der Waals surface area (Å²) in [5.74, 6) is 0.903. The number of rotatable bonds is 2. The topological polar surface area (TPSA) is 15.3 Å². The molecule has 0 radical (unpaired) electrons. The predicted molar refractivity (Wildman–Crippen MR) is 45.9 cm³/mol. The molecule has 0 spiro atoms. The van der Waals surface area contributed by atoms with Crippen molar-refractivity contribution in [2.75, 3.05) is 33.7 Å². The summed E-state index contributed by atoms with van der Waals surface area (Å²) in [6.45, 7) is 3.68. The molecule has 0 aromatic rings. The third-order valence-electron chi connectivity index (χ3n) is 1.79. The summed E-state index contributed by atoms with van der Waals surface area (Å²) in [7, 11) is 4.27. The van der Waals surface area contributed by atoms with Crippen LogP contribution in [-0.2, 0) is 0 Å². The second-order valence-corrected chi connectivity index (χ2v) is 3.12. The van der Waals surface area contributed by atoms with Gasteiger partial charge in [0.15, 0.2) is 0 Å². The largest absolute Gasteiger partial charge is 1.00 e. The molecule has 0 amide bonds. The molecule has 1 rings (SSSR count). The van der Waals surface area contributed by atoms with Gasteiger partial charge in [0.05, 0.1) is 0 Å². The number of hydrogen-bond donors (Lipinski definition) is 1. The van der Waals surface area contributed by atoms with Gasteiger partial charge in [-0.05, 0) is 39.5 Å². The Morgan fingerprint density at radius 3 is 2.45 bits per heavy atom. The van der Waals surface area contributed by atoms with E-state index >= 15 is 0 Å². The second kappa shape index (κ2) is 8.56. The Bertz CT molecular complexity index is 80.2. The van der Waals surface area contributed by atoms with Crippen LogP contribution in [0.4, 0.5) is 0 Å². The fourth-order valence-corrected chi connectivity index (χ4v) is 1.39. The first kappa shape index (κ1) is 15.4. The van der Waals surface area contributed by atoms with E-state index in [-0.39, 0.29) is 76.3 Å². The van der Waals surface area contributed by atoms with Gasteiger partial charge in [-0.3, -0.25) is 0 Å². The van der Waals surface area contributed by atoms with Crippen LogP contribution in [0.25, 0.3) is 0 Å². The smallest absolute Gasteiger partial charge is 0.358 e. The molecule has 1 unspecified atom stereocenters. The first-order chi connectivity index (χ1) is 4.29. The van der Waals surface area contributed by atoms with Crippen molar-refractivity contribution in [3.63, 3.8) is 0 Å². The maximum atomic E-state index is 3.35. The van der Waals surface area contributed by atoms with Crippen LogP contribution in [0.15, 0.2) is 0 Å². The van der Waals surface area contributed by atoms with E-state index < -0.39 is 0 Å². The van der Waals surface area contributed by atoms with E-state index in [9.17, 15) is 0 Å². The van der Waals surface area contributed by atoms with Crippen molar-refractivity contribution in [2.24, 2.45) is 5.92 Å². The molecule has 1 aliphatic rings. The quantitative estimate of drug-likeness (QED) is 0.566. The average Bonchev–Trinajstić information content (AvgIpc) is 2.15. The predicted octanol–water partition coefficient (Wildman–Crippen LogP) is -2.39. The molecule has 3 heteroatoms. The van der Waals surface area contributed by atoms with Crippen molar-refractivity contribution >= 4 is 0 Å². The summed E-state index contributed by atoms with van der Waals surface area (Å²) in [5.41, 5.74) is 0. The number of nitrogens with zero attached hydrogens (tertiary/aromatic N) is 1. The molecule has 1 atom stereocenters. The summed E-state index contributed by atoms with van der Waals surface area (Å²) in [6.07, 6.45) is 1.36. The third kappa shape index (κ3) is 7.07. The first-order valence-corrected chi connectivity index (χ1v) is 3.64. The van der Waals surface area contributed by atoms with E-state index in [2.05, 4.69) is 24.3 Å². The van der Waals surface area contributed by atoms with Gasteiger partial charge in [-0.2, -0.15) is 0 Å². The molecular weight excluding hydrogens is 257 g/mol. The number of hydrogen-bond acceptors (Lipinski definition) is 2. The second-order valence-electron chi connectivity index (χ2n) is 3.12. The zero-order chi connectivity index (χ0) is 6.69. The van der Waals surface area contributed by atoms with Gasteiger partial charge in [-0.25, -0.2) is 0 Å². The first-order valence-electron chi connectivity index (χ1n) is 3.64. The minimum absolute atomic E-state index is 0. The van der Waals surface area contributed by atoms with Gasteiger partial charge in [0.2, 0.25) is 0 Å². The molecule has 0 aromatic carbocycles. The molecule has 0 bridgehead atoms. The normalized spacial score (nSPS) is 22.6. The van der Waals surface area contributed by atoms with E-state index in [1.165, 1.54) is 26.1 Å². The molecule has 0 saturated carbocycles. The third-order valence-corrected chi connectivity index (χ3v) is 1.79. The van der Waals surface area contributed by atoms with Crippen molar-refractivity contribution in [2.45, 2.75) is 6.42 Å². The molecule has 1 saturated heterocycles. The Hall–Kier alpha value is 1.97. The summed E-state index contributed by atoms with van der Waals surface area (Å²) in [4.78, 5) is 2.26. The molecule has 0 aromatic heterocycles. The number of nitrogens with one attached hydrogen (secondary N) is 1. The molecule has 2 nitrogen and oxygen atoms in total. The Balaban J connectivity index is 0. The van der Waals surface area contributed by atoms with Crippen LogP contribution in [0.3, 0.4) is 0 Å². The Labute approximate surface area is 130 Å². The minimum atomic E-state index is 0. The zero-order valence-corrected chi connectivity index (χ0v) is 14.6. The van der Waals surface area contributed by atoms with E-state index in [0.29, 0.717) is 0 Å². The van der Waals surface area contributed by atoms with E-state index in [4.69, 9.17) is 0 Å². The van der Waals surface area contributed by atoms with Crippen LogP contribution in [0.5, 0.6) is 0 Å². The summed E-state index contributed by atoms with van der Waals surface area (Å²) >= 11 is 0. The van der Waals surface area contributed by atoms with E-state index in [1.54, 1.807) is 0 Å². The summed E-state index contributed by atoms with van der Waals surface area (Å²) in [5, 5.41) is 3.35. The molecule has 0 aliphatic carbocycles. The standard InChI is InChI=1S/C7H16N2.CH3.Cs/c1-9(2)6-7-3-4-8-5-7;;/h7-8H,3-6H2,1-2H3;1H3;/q;-1;+1. The van der Waals surface area contributed by atoms with Crippen LogP contribution in [0.2, 0.25) is 0 Å². The SMILES string of the molecule is CN(C)CC1CCNC1.[CH3-].[Cs+]. The van der Waals surface area contributed by atoms with Crippen molar-refractivity contribution in [3.8, 4) is 0 Å². The molecule has 1 heterocycles. The van der Waals surface area contributed by atoms with Gasteiger partial charge in [-0.1, -0.05) is 0 Å². The van der Waals surface area contributed by atoms with Gasteiger partial charge >= 0.3 is 68.9 Å². The maximum absolute atomic E-state index is 3.35. The van der Waals surface area contributed by atoms with Gasteiger partial charge in [0.1, 0.15) is 0 Å². The molecule has 62 valence electrons. The minimum Gasteiger partial charge on any atom is -0.358 e. The summed E-state index contributed by atoms with van der Waals surface area (Å²) < 4.78 is 0. The molecular formula is C8H19CsN2. The van der Waals surface area contributed by atoms with E-state index in [0.717, 1.165) is 5.92 Å². The Morgan fingerprint density at radius 2 is 2.09 bits per heavy atom. The van der Waals surface area contributed by atoms with Gasteiger partial charge in [0, 0.05) is 6.54 Å². The Morgan fingerprint density at radius 1 is 1.45 bits per heavy atom. The van der Waals surface area contributed by atoms with Crippen molar-refractivity contribution < 1.29 is 68.9 Å². The van der Waals surface area contributed by atoms with Crippen molar-refractivity contribution in [1.82, 2.24) is 10.2 Å². The van der Waals surface area contributed by atoms with Crippen molar-refractivity contribution in [3.05, 3.63) is 7.43 Å². The average molecular weight is 276 g/mol. The van der Waals surface area contributed by atoms with Crippen LogP contribution in [0, 0.1) is 13.3 Å². The van der Waals surface area contributed by atoms with Crippen LogP contribution >= 0.6 is 0 Å². The Kier molecular flexibility index (Phi) is 12.0. The van der Waals surface area contributed by atoms with Crippen molar-refractivity contribution in [1.29, 1.82) is 0 Å². The van der Waals surface area contributed by atoms with Crippen LogP contribution < -0.4 is 74.2 Å². The molecule has 1 aliphatic heterocycles. The molecule has 1 N–H and O–H groups in total. The van der Waals surface area contributed by atoms with Gasteiger partial charge < -0.3 is 17.6 Å².